The monoisotopic (exact) mass is 477 g/mol. The van der Waals surface area contributed by atoms with Crippen LogP contribution in [0.1, 0.15) is 19.8 Å². The van der Waals surface area contributed by atoms with Crippen LogP contribution < -0.4 is 5.32 Å². The summed E-state index contributed by atoms with van der Waals surface area (Å²) in [6.07, 6.45) is 1.85. The fourth-order valence-electron chi connectivity index (χ4n) is 1.12. The van der Waals surface area contributed by atoms with E-state index >= 15 is 0 Å². The van der Waals surface area contributed by atoms with Crippen LogP contribution in [-0.4, -0.2) is 42.6 Å². The molecule has 0 aromatic carbocycles. The normalized spacial score (nSPS) is 21.6. The zero-order chi connectivity index (χ0) is 9.19. The SMILES string of the molecule is CC([CH2][Po])NC1(C(=O)OI)CC1. The first-order valence-electron chi connectivity index (χ1n) is 3.83. The van der Waals surface area contributed by atoms with Gasteiger partial charge in [-0.25, -0.2) is 0 Å². The molecule has 1 fully saturated rings. The molecule has 1 saturated carbocycles. The Morgan fingerprint density at radius 1 is 1.83 bits per heavy atom. The van der Waals surface area contributed by atoms with E-state index in [0.29, 0.717) is 6.04 Å². The molecule has 1 N–H and O–H groups in total. The van der Waals surface area contributed by atoms with Gasteiger partial charge in [0, 0.05) is 0 Å². The molecule has 0 aliphatic heterocycles. The maximum absolute atomic E-state index is 11.3. The number of rotatable bonds is 4. The Hall–Kier alpha value is 1.06. The molecule has 1 radical (unpaired) electrons. The van der Waals surface area contributed by atoms with Gasteiger partial charge in [0.2, 0.25) is 0 Å². The van der Waals surface area contributed by atoms with E-state index in [-0.39, 0.29) is 11.5 Å². The van der Waals surface area contributed by atoms with Crippen LogP contribution in [0.4, 0.5) is 0 Å². The van der Waals surface area contributed by atoms with Gasteiger partial charge in [-0.05, 0) is 0 Å². The van der Waals surface area contributed by atoms with Crippen LogP contribution >= 0.6 is 23.0 Å². The molecule has 0 bridgehead atoms. The molecule has 1 rings (SSSR count). The van der Waals surface area contributed by atoms with E-state index < -0.39 is 0 Å². The molecular formula is C7H11INO2Po. The van der Waals surface area contributed by atoms with Gasteiger partial charge in [-0.1, -0.05) is 0 Å². The second kappa shape index (κ2) is 4.52. The number of carbonyl (C=O) groups excluding carboxylic acids is 1. The first-order valence-corrected chi connectivity index (χ1v) is 6.96. The van der Waals surface area contributed by atoms with Gasteiger partial charge >= 0.3 is 103 Å². The zero-order valence-corrected chi connectivity index (χ0v) is 12.1. The molecule has 0 saturated heterocycles. The van der Waals surface area contributed by atoms with Crippen molar-refractivity contribution in [2.24, 2.45) is 0 Å². The summed E-state index contributed by atoms with van der Waals surface area (Å²) in [6.45, 7) is 2.10. The average Bonchev–Trinajstić information content (AvgIpc) is 2.84. The fraction of sp³-hybridized carbons (Fsp3) is 0.857. The average molecular weight is 477 g/mol. The minimum atomic E-state index is -0.323. The van der Waals surface area contributed by atoms with Crippen molar-refractivity contribution < 1.29 is 7.86 Å². The fourth-order valence-corrected chi connectivity index (χ4v) is 1.87. The molecule has 1 aliphatic rings. The predicted molar refractivity (Wildman–Crippen MR) is 55.2 cm³/mol. The quantitative estimate of drug-likeness (QED) is 0.615. The van der Waals surface area contributed by atoms with Crippen LogP contribution in [0, 0.1) is 0 Å². The molecule has 3 nitrogen and oxygen atoms in total. The second-order valence-corrected chi connectivity index (χ2v) is 4.89. The molecule has 0 amide bonds. The Kier molecular flexibility index (Phi) is 4.19. The molecule has 0 aromatic heterocycles. The second-order valence-electron chi connectivity index (χ2n) is 3.16. The molecule has 1 atom stereocenters. The molecule has 5 heteroatoms. The van der Waals surface area contributed by atoms with Crippen molar-refractivity contribution in [3.8, 4) is 0 Å². The minimum absolute atomic E-state index is 0.113. The molecule has 1 unspecified atom stereocenters. The van der Waals surface area contributed by atoms with Crippen molar-refractivity contribution in [3.63, 3.8) is 0 Å². The molecule has 0 aromatic rings. The van der Waals surface area contributed by atoms with Crippen molar-refractivity contribution >= 4 is 54.0 Å². The summed E-state index contributed by atoms with van der Waals surface area (Å²) in [7, 11) is 0. The van der Waals surface area contributed by atoms with Gasteiger partial charge in [-0.2, -0.15) is 0 Å². The molecule has 69 valence electrons. The van der Waals surface area contributed by atoms with Gasteiger partial charge in [0.25, 0.3) is 0 Å². The van der Waals surface area contributed by atoms with Crippen LogP contribution in [0.3, 0.4) is 0 Å². The first-order chi connectivity index (χ1) is 5.64. The zero-order valence-electron chi connectivity index (χ0n) is 6.80. The first kappa shape index (κ1) is 11.1. The van der Waals surface area contributed by atoms with Gasteiger partial charge in [0.05, 0.1) is 0 Å². The molecule has 0 spiro atoms. The van der Waals surface area contributed by atoms with Crippen molar-refractivity contribution in [2.45, 2.75) is 35.4 Å². The van der Waals surface area contributed by atoms with Gasteiger partial charge in [0.15, 0.2) is 0 Å². The topological polar surface area (TPSA) is 38.3 Å². The molecule has 0 heterocycles. The summed E-state index contributed by atoms with van der Waals surface area (Å²) >= 11 is 3.20. The molecule has 1 aliphatic carbocycles. The van der Waals surface area contributed by atoms with Gasteiger partial charge < -0.3 is 0 Å². The van der Waals surface area contributed by atoms with E-state index in [9.17, 15) is 4.79 Å². The van der Waals surface area contributed by atoms with Crippen LogP contribution in [0.25, 0.3) is 0 Å². The number of hydrogen-bond acceptors (Lipinski definition) is 3. The van der Waals surface area contributed by atoms with Crippen molar-refractivity contribution in [2.75, 3.05) is 0 Å². The predicted octanol–water partition coefficient (Wildman–Crippen LogP) is 0.977. The van der Waals surface area contributed by atoms with Gasteiger partial charge in [-0.3, -0.25) is 0 Å². The van der Waals surface area contributed by atoms with Crippen LogP contribution in [0.15, 0.2) is 0 Å². The van der Waals surface area contributed by atoms with Gasteiger partial charge in [-0.15, -0.1) is 0 Å². The van der Waals surface area contributed by atoms with Gasteiger partial charge in [0.1, 0.15) is 0 Å². The van der Waals surface area contributed by atoms with Crippen molar-refractivity contribution in [1.82, 2.24) is 5.32 Å². The van der Waals surface area contributed by atoms with E-state index in [4.69, 9.17) is 3.07 Å². The number of nitrogens with one attached hydrogen (secondary N) is 1. The van der Waals surface area contributed by atoms with E-state index in [1.165, 1.54) is 0 Å². The third kappa shape index (κ3) is 2.52. The number of halogens is 1. The third-order valence-electron chi connectivity index (χ3n) is 1.98. The number of hydrogen-bond donors (Lipinski definition) is 1. The summed E-state index contributed by atoms with van der Waals surface area (Å²) in [6, 6.07) is 0.429. The van der Waals surface area contributed by atoms with Crippen LogP contribution in [-0.2, 0) is 7.86 Å². The Labute approximate surface area is 102 Å². The Morgan fingerprint density at radius 3 is 2.75 bits per heavy atom. The molecule has 12 heavy (non-hydrogen) atoms. The summed E-state index contributed by atoms with van der Waals surface area (Å²) < 4.78 is 5.82. The van der Waals surface area contributed by atoms with Crippen LogP contribution in [0.5, 0.6) is 0 Å². The van der Waals surface area contributed by atoms with Crippen molar-refractivity contribution in [3.05, 3.63) is 0 Å². The Bertz CT molecular complexity index is 184. The van der Waals surface area contributed by atoms with E-state index in [0.717, 1.165) is 16.9 Å². The summed E-state index contributed by atoms with van der Waals surface area (Å²) in [5.74, 6) is -0.113. The Morgan fingerprint density at radius 2 is 2.42 bits per heavy atom. The molecular weight excluding hydrogens is 466 g/mol. The Balaban J connectivity index is 2.44. The standard InChI is InChI=1S/C7H11INO2.Po/c1-5(2)9-7(3-4-7)6(10)11-8;/h5,9H,1,3-4H2,2H3;. The van der Waals surface area contributed by atoms with E-state index in [1.54, 1.807) is 48.1 Å². The van der Waals surface area contributed by atoms with Crippen LogP contribution in [0.2, 0.25) is 4.08 Å². The van der Waals surface area contributed by atoms with E-state index in [2.05, 4.69) is 12.2 Å². The number of carbonyl (C=O) groups is 1. The maximum atomic E-state index is 11.3. The van der Waals surface area contributed by atoms with Crippen molar-refractivity contribution in [1.29, 1.82) is 0 Å². The summed E-state index contributed by atoms with van der Waals surface area (Å²) in [5.41, 5.74) is -0.323. The van der Waals surface area contributed by atoms with E-state index in [1.807, 2.05) is 0 Å². The summed E-state index contributed by atoms with van der Waals surface area (Å²) in [4.78, 5) is 11.3. The summed E-state index contributed by atoms with van der Waals surface area (Å²) in [5, 5.41) is 3.31. The third-order valence-corrected chi connectivity index (χ3v) is 4.33.